The summed E-state index contributed by atoms with van der Waals surface area (Å²) in [5.41, 5.74) is 0.930. The number of imide groups is 1. The number of halogens is 1. The van der Waals surface area contributed by atoms with E-state index in [0.29, 0.717) is 23.5 Å². The number of nitrogens with zero attached hydrogens (tertiary/aromatic N) is 2. The molecule has 1 aromatic heterocycles. The van der Waals surface area contributed by atoms with E-state index in [2.05, 4.69) is 26.2 Å². The van der Waals surface area contributed by atoms with E-state index in [1.54, 1.807) is 24.4 Å². The van der Waals surface area contributed by atoms with Crippen LogP contribution in [-0.4, -0.2) is 34.2 Å². The molecule has 25 heavy (non-hydrogen) atoms. The van der Waals surface area contributed by atoms with Crippen molar-refractivity contribution >= 4 is 39.5 Å². The van der Waals surface area contributed by atoms with Gasteiger partial charge in [-0.2, -0.15) is 0 Å². The van der Waals surface area contributed by atoms with Gasteiger partial charge in [0.1, 0.15) is 5.82 Å². The molecule has 1 aliphatic rings. The van der Waals surface area contributed by atoms with Crippen LogP contribution < -0.4 is 5.32 Å². The standard InChI is InChI=1S/C18H16BrN3O3/c1-2-3-8-22-17(24)13-6-4-11(9-14(13)18(22)25)16(23)21-15-7-5-12(19)10-20-15/h4-7,9-10H,2-3,8H2,1H3,(H,20,21,23). The van der Waals surface area contributed by atoms with Crippen LogP contribution in [0.1, 0.15) is 50.8 Å². The first kappa shape index (κ1) is 17.3. The molecule has 0 unspecified atom stereocenters. The van der Waals surface area contributed by atoms with Gasteiger partial charge < -0.3 is 5.32 Å². The zero-order valence-electron chi connectivity index (χ0n) is 13.6. The molecule has 0 saturated heterocycles. The second kappa shape index (κ2) is 7.14. The van der Waals surface area contributed by atoms with E-state index < -0.39 is 0 Å². The van der Waals surface area contributed by atoms with Crippen molar-refractivity contribution in [3.63, 3.8) is 0 Å². The molecular weight excluding hydrogens is 386 g/mol. The fourth-order valence-electron chi connectivity index (χ4n) is 2.59. The van der Waals surface area contributed by atoms with E-state index in [0.717, 1.165) is 17.3 Å². The molecule has 0 bridgehead atoms. The van der Waals surface area contributed by atoms with Crippen molar-refractivity contribution in [1.82, 2.24) is 9.88 Å². The van der Waals surface area contributed by atoms with E-state index in [9.17, 15) is 14.4 Å². The van der Waals surface area contributed by atoms with Crippen LogP contribution in [0, 0.1) is 0 Å². The number of nitrogens with one attached hydrogen (secondary N) is 1. The molecule has 3 rings (SSSR count). The van der Waals surface area contributed by atoms with Gasteiger partial charge in [0.05, 0.1) is 11.1 Å². The van der Waals surface area contributed by atoms with Crippen LogP contribution in [0.2, 0.25) is 0 Å². The highest BCUT2D eigenvalue weighted by atomic mass is 79.9. The summed E-state index contributed by atoms with van der Waals surface area (Å²) in [6.45, 7) is 2.39. The topological polar surface area (TPSA) is 79.4 Å². The average molecular weight is 402 g/mol. The van der Waals surface area contributed by atoms with Gasteiger partial charge in [0.2, 0.25) is 0 Å². The second-order valence-corrected chi connectivity index (χ2v) is 6.61. The molecule has 0 aliphatic carbocycles. The molecule has 6 nitrogen and oxygen atoms in total. The van der Waals surface area contributed by atoms with Crippen molar-refractivity contribution in [2.45, 2.75) is 19.8 Å². The number of carbonyl (C=O) groups is 3. The van der Waals surface area contributed by atoms with Crippen molar-refractivity contribution in [3.8, 4) is 0 Å². The maximum Gasteiger partial charge on any atom is 0.261 e. The number of hydrogen-bond acceptors (Lipinski definition) is 4. The minimum absolute atomic E-state index is 0.275. The monoisotopic (exact) mass is 401 g/mol. The molecule has 0 spiro atoms. The number of unbranched alkanes of at least 4 members (excludes halogenated alkanes) is 1. The van der Waals surface area contributed by atoms with Gasteiger partial charge in [-0.25, -0.2) is 4.98 Å². The molecule has 1 N–H and O–H groups in total. The number of carbonyl (C=O) groups excluding carboxylic acids is 3. The van der Waals surface area contributed by atoms with E-state index in [1.807, 2.05) is 6.92 Å². The number of anilines is 1. The van der Waals surface area contributed by atoms with Crippen LogP contribution >= 0.6 is 15.9 Å². The number of benzene rings is 1. The van der Waals surface area contributed by atoms with Crippen LogP contribution in [0.3, 0.4) is 0 Å². The molecule has 1 aromatic carbocycles. The molecule has 2 aromatic rings. The third-order valence-electron chi connectivity index (χ3n) is 3.94. The van der Waals surface area contributed by atoms with Crippen molar-refractivity contribution in [2.24, 2.45) is 0 Å². The zero-order chi connectivity index (χ0) is 18.0. The Kier molecular flexibility index (Phi) is 4.94. The third-order valence-corrected chi connectivity index (χ3v) is 4.41. The molecule has 1 aliphatic heterocycles. The largest absolute Gasteiger partial charge is 0.307 e. The van der Waals surface area contributed by atoms with Crippen molar-refractivity contribution in [2.75, 3.05) is 11.9 Å². The summed E-state index contributed by atoms with van der Waals surface area (Å²) in [4.78, 5) is 42.4. The Hall–Kier alpha value is -2.54. The Balaban J connectivity index is 1.81. The molecule has 128 valence electrons. The zero-order valence-corrected chi connectivity index (χ0v) is 15.2. The summed E-state index contributed by atoms with van der Waals surface area (Å²) >= 11 is 3.28. The number of amides is 3. The Bertz CT molecular complexity index is 849. The van der Waals surface area contributed by atoms with Gasteiger partial charge in [-0.3, -0.25) is 19.3 Å². The lowest BCUT2D eigenvalue weighted by Gasteiger charge is -2.12. The highest BCUT2D eigenvalue weighted by molar-refractivity contribution is 9.10. The molecule has 3 amide bonds. The number of fused-ring (bicyclic) bond motifs is 1. The smallest absolute Gasteiger partial charge is 0.261 e. The lowest BCUT2D eigenvalue weighted by molar-refractivity contribution is 0.0652. The highest BCUT2D eigenvalue weighted by Crippen LogP contribution is 2.25. The number of aromatic nitrogens is 1. The van der Waals surface area contributed by atoms with E-state index in [1.165, 1.54) is 17.0 Å². The summed E-state index contributed by atoms with van der Waals surface area (Å²) in [6.07, 6.45) is 3.22. The Morgan fingerprint density at radius 1 is 1.16 bits per heavy atom. The maximum atomic E-state index is 12.4. The summed E-state index contributed by atoms with van der Waals surface area (Å²) in [5, 5.41) is 2.67. The molecule has 2 heterocycles. The van der Waals surface area contributed by atoms with Gasteiger partial charge in [0.25, 0.3) is 17.7 Å². The van der Waals surface area contributed by atoms with Gasteiger partial charge in [0, 0.05) is 22.8 Å². The van der Waals surface area contributed by atoms with E-state index in [-0.39, 0.29) is 23.3 Å². The average Bonchev–Trinajstić information content (AvgIpc) is 2.85. The Morgan fingerprint density at radius 3 is 2.60 bits per heavy atom. The summed E-state index contributed by atoms with van der Waals surface area (Å²) in [7, 11) is 0. The van der Waals surface area contributed by atoms with Crippen LogP contribution in [0.4, 0.5) is 5.82 Å². The fraction of sp³-hybridized carbons (Fsp3) is 0.222. The van der Waals surface area contributed by atoms with Crippen LogP contribution in [-0.2, 0) is 0 Å². The number of rotatable bonds is 5. The second-order valence-electron chi connectivity index (χ2n) is 5.69. The first-order chi connectivity index (χ1) is 12.0. The number of hydrogen-bond donors (Lipinski definition) is 1. The molecular formula is C18H16BrN3O3. The lowest BCUT2D eigenvalue weighted by atomic mass is 10.1. The van der Waals surface area contributed by atoms with Gasteiger partial charge in [-0.1, -0.05) is 13.3 Å². The van der Waals surface area contributed by atoms with E-state index >= 15 is 0 Å². The van der Waals surface area contributed by atoms with E-state index in [4.69, 9.17) is 0 Å². The first-order valence-corrected chi connectivity index (χ1v) is 8.73. The minimum Gasteiger partial charge on any atom is -0.307 e. The normalized spacial score (nSPS) is 13.1. The Labute approximate surface area is 153 Å². The summed E-state index contributed by atoms with van der Waals surface area (Å²) in [6, 6.07) is 7.97. The third kappa shape index (κ3) is 3.46. The lowest BCUT2D eigenvalue weighted by Crippen LogP contribution is -2.30. The SMILES string of the molecule is CCCCN1C(=O)c2ccc(C(=O)Nc3ccc(Br)cn3)cc2C1=O. The van der Waals surface area contributed by atoms with Crippen molar-refractivity contribution in [1.29, 1.82) is 0 Å². The Morgan fingerprint density at radius 2 is 1.92 bits per heavy atom. The fourth-order valence-corrected chi connectivity index (χ4v) is 2.82. The van der Waals surface area contributed by atoms with Crippen LogP contribution in [0.15, 0.2) is 41.0 Å². The summed E-state index contributed by atoms with van der Waals surface area (Å²) < 4.78 is 0.805. The molecule has 0 radical (unpaired) electrons. The van der Waals surface area contributed by atoms with Crippen LogP contribution in [0.25, 0.3) is 0 Å². The predicted molar refractivity (Wildman–Crippen MR) is 96.6 cm³/mol. The molecule has 0 atom stereocenters. The first-order valence-electron chi connectivity index (χ1n) is 7.94. The van der Waals surface area contributed by atoms with Gasteiger partial charge >= 0.3 is 0 Å². The minimum atomic E-state index is -0.384. The van der Waals surface area contributed by atoms with Gasteiger partial charge in [0.15, 0.2) is 0 Å². The van der Waals surface area contributed by atoms with Crippen LogP contribution in [0.5, 0.6) is 0 Å². The number of pyridine rings is 1. The van der Waals surface area contributed by atoms with Gasteiger partial charge in [-0.05, 0) is 52.7 Å². The highest BCUT2D eigenvalue weighted by Gasteiger charge is 2.35. The van der Waals surface area contributed by atoms with Gasteiger partial charge in [-0.15, -0.1) is 0 Å². The predicted octanol–water partition coefficient (Wildman–Crippen LogP) is 3.49. The maximum absolute atomic E-state index is 12.4. The molecule has 7 heteroatoms. The molecule has 0 fully saturated rings. The summed E-state index contributed by atoms with van der Waals surface area (Å²) in [5.74, 6) is -0.620. The van der Waals surface area contributed by atoms with Crippen molar-refractivity contribution < 1.29 is 14.4 Å². The quantitative estimate of drug-likeness (QED) is 0.777. The molecule has 0 saturated carbocycles. The van der Waals surface area contributed by atoms with Crippen molar-refractivity contribution in [3.05, 3.63) is 57.7 Å².